The van der Waals surface area contributed by atoms with Crippen LogP contribution in [-0.4, -0.2) is 261 Å². The number of carbonyl (C=O) groups excluding carboxylic acids is 3. The van der Waals surface area contributed by atoms with Crippen LogP contribution in [0.15, 0.2) is 42.5 Å². The molecule has 496 valence electrons. The summed E-state index contributed by atoms with van der Waals surface area (Å²) >= 11 is 0. The molecule has 0 amide bonds. The Hall–Kier alpha value is -4.39. The van der Waals surface area contributed by atoms with E-state index < -0.39 is 17.2 Å². The predicted octanol–water partition coefficient (Wildman–Crippen LogP) is 5.54. The van der Waals surface area contributed by atoms with Crippen molar-refractivity contribution in [1.29, 1.82) is 0 Å². The fraction of sp³-hybridized carbons (Fsp3) is 0.754. The molecule has 0 aliphatic carbocycles. The molecule has 86 heavy (non-hydrogen) atoms. The number of hydrogen-bond donors (Lipinski definition) is 0. The first-order chi connectivity index (χ1) is 41.8. The van der Waals surface area contributed by atoms with Gasteiger partial charge < -0.3 is 104 Å². The highest BCUT2D eigenvalue weighted by Gasteiger charge is 2.21. The summed E-state index contributed by atoms with van der Waals surface area (Å²) in [5.41, 5.74) is 0.151. The molecule has 0 radical (unpaired) electrons. The lowest BCUT2D eigenvalue weighted by Gasteiger charge is -2.19. The molecule has 0 saturated carbocycles. The zero-order valence-corrected chi connectivity index (χ0v) is 52.4. The summed E-state index contributed by atoms with van der Waals surface area (Å²) in [5.74, 6) is -0.246. The summed E-state index contributed by atoms with van der Waals surface area (Å²) in [6, 6.07) is 12.7. The average molecular weight is 1240 g/mol. The molecule has 0 fully saturated rings. The molecule has 0 aliphatic rings. The third-order valence-electron chi connectivity index (χ3n) is 10.6. The second-order valence-electron chi connectivity index (χ2n) is 20.2. The number of rotatable bonds is 60. The van der Waals surface area contributed by atoms with Crippen LogP contribution in [0.2, 0.25) is 0 Å². The topological polar surface area (TPSA) is 254 Å². The number of hydrogen-bond acceptors (Lipinski definition) is 25. The van der Waals surface area contributed by atoms with Crippen molar-refractivity contribution in [3.05, 3.63) is 53.6 Å². The summed E-state index contributed by atoms with van der Waals surface area (Å²) in [6.07, 6.45) is 0.421. The van der Waals surface area contributed by atoms with E-state index in [2.05, 4.69) is 0 Å². The first-order valence-corrected chi connectivity index (χ1v) is 29.6. The van der Waals surface area contributed by atoms with Gasteiger partial charge in [0.2, 0.25) is 5.75 Å². The minimum Gasteiger partial charge on any atom is -0.487 e. The van der Waals surface area contributed by atoms with Crippen molar-refractivity contribution in [1.82, 2.24) is 0 Å². The van der Waals surface area contributed by atoms with Crippen LogP contribution in [-0.2, 0) is 106 Å². The summed E-state index contributed by atoms with van der Waals surface area (Å²) < 4.78 is 123. The molecule has 0 N–H and O–H groups in total. The molecule has 25 nitrogen and oxygen atoms in total. The molecule has 2 aromatic rings. The standard InChI is InChI=1S/C61H102O25/c1-60(2,3)85-56(62)13-15-66-17-19-68-21-23-70-25-27-72-29-31-74-33-35-76-37-39-78-41-43-80-45-47-82-54-49-53(59(64)65-7)50-55(58(54)84-51-52-11-9-8-10-12-52)83-48-46-81-44-42-79-40-38-77-36-34-75-32-30-73-28-26-71-24-22-69-20-18-67-16-14-57(63)86-61(4,5)6/h8-12,49-50H,13-48,51H2,1-7H3. The average Bonchev–Trinajstić information content (AvgIpc) is 1.89. The summed E-state index contributed by atoms with van der Waals surface area (Å²) in [5, 5.41) is 0. The number of esters is 3. The maximum absolute atomic E-state index is 12.7. The van der Waals surface area contributed by atoms with Crippen LogP contribution in [0.5, 0.6) is 17.2 Å². The van der Waals surface area contributed by atoms with E-state index in [-0.39, 0.29) is 74.9 Å². The van der Waals surface area contributed by atoms with E-state index in [0.29, 0.717) is 204 Å². The van der Waals surface area contributed by atoms with Gasteiger partial charge in [-0.3, -0.25) is 9.59 Å². The fourth-order valence-electron chi connectivity index (χ4n) is 6.70. The second-order valence-corrected chi connectivity index (χ2v) is 20.2. The lowest BCUT2D eigenvalue weighted by Crippen LogP contribution is -2.24. The van der Waals surface area contributed by atoms with Gasteiger partial charge in [-0.25, -0.2) is 4.79 Å². The Morgan fingerprint density at radius 3 is 0.814 bits per heavy atom. The largest absolute Gasteiger partial charge is 0.487 e. The molecule has 0 bridgehead atoms. The Kier molecular flexibility index (Phi) is 48.4. The summed E-state index contributed by atoms with van der Waals surface area (Å²) in [4.78, 5) is 36.0. The molecule has 0 heterocycles. The minimum absolute atomic E-state index is 0.150. The van der Waals surface area contributed by atoms with Gasteiger partial charge >= 0.3 is 17.9 Å². The Balaban J connectivity index is 1.48. The van der Waals surface area contributed by atoms with Crippen LogP contribution in [0.3, 0.4) is 0 Å². The Morgan fingerprint density at radius 2 is 0.570 bits per heavy atom. The van der Waals surface area contributed by atoms with Gasteiger partial charge in [-0.2, -0.15) is 0 Å². The Labute approximate surface area is 509 Å². The predicted molar refractivity (Wildman–Crippen MR) is 314 cm³/mol. The molecule has 0 saturated heterocycles. The molecule has 0 aromatic heterocycles. The van der Waals surface area contributed by atoms with E-state index in [1.807, 2.05) is 71.9 Å². The third kappa shape index (κ3) is 48.6. The molecule has 2 aromatic carbocycles. The maximum Gasteiger partial charge on any atom is 0.338 e. The second kappa shape index (κ2) is 53.6. The van der Waals surface area contributed by atoms with Gasteiger partial charge in [0, 0.05) is 0 Å². The SMILES string of the molecule is COC(=O)c1cc(OCCOCCOCCOCCOCCOCCOCCOCCOCCC(=O)OC(C)(C)C)c(OCc2ccccc2)c(OCCOCCOCCOCCOCCOCCOCCOCCOCCC(=O)OC(C)(C)C)c1. The number of ether oxygens (including phenoxy) is 22. The molecule has 2 rings (SSSR count). The monoisotopic (exact) mass is 1230 g/mol. The van der Waals surface area contributed by atoms with Gasteiger partial charge in [-0.1, -0.05) is 30.3 Å². The quantitative estimate of drug-likeness (QED) is 0.0448. The molecular weight excluding hydrogens is 1130 g/mol. The highest BCUT2D eigenvalue weighted by atomic mass is 16.6. The zero-order valence-electron chi connectivity index (χ0n) is 52.4. The first kappa shape index (κ1) is 77.7. The molecule has 0 atom stereocenters. The van der Waals surface area contributed by atoms with Crippen molar-refractivity contribution in [3.63, 3.8) is 0 Å². The van der Waals surface area contributed by atoms with Crippen molar-refractivity contribution in [2.24, 2.45) is 0 Å². The number of carbonyl (C=O) groups is 3. The van der Waals surface area contributed by atoms with Gasteiger partial charge in [0.05, 0.1) is 237 Å². The lowest BCUT2D eigenvalue weighted by molar-refractivity contribution is -0.157. The maximum atomic E-state index is 12.7. The minimum atomic E-state index is -0.570. The van der Waals surface area contributed by atoms with Crippen LogP contribution in [0, 0.1) is 0 Å². The first-order valence-electron chi connectivity index (χ1n) is 29.6. The normalized spacial score (nSPS) is 11.7. The van der Waals surface area contributed by atoms with Crippen molar-refractivity contribution in [3.8, 4) is 17.2 Å². The van der Waals surface area contributed by atoms with Crippen LogP contribution in [0.1, 0.15) is 70.3 Å². The van der Waals surface area contributed by atoms with E-state index in [9.17, 15) is 14.4 Å². The lowest BCUT2D eigenvalue weighted by atomic mass is 10.1. The van der Waals surface area contributed by atoms with E-state index in [4.69, 9.17) is 104 Å². The number of benzene rings is 2. The van der Waals surface area contributed by atoms with Gasteiger partial charge in [-0.05, 0) is 59.2 Å². The van der Waals surface area contributed by atoms with Crippen molar-refractivity contribution < 1.29 is 119 Å². The van der Waals surface area contributed by atoms with Crippen molar-refractivity contribution in [2.75, 3.05) is 232 Å². The van der Waals surface area contributed by atoms with Gasteiger partial charge in [0.15, 0.2) is 11.5 Å². The van der Waals surface area contributed by atoms with Crippen LogP contribution in [0.25, 0.3) is 0 Å². The third-order valence-corrected chi connectivity index (χ3v) is 10.6. The summed E-state index contributed by atoms with van der Waals surface area (Å²) in [6.45, 7) is 24.2. The van der Waals surface area contributed by atoms with Crippen LogP contribution < -0.4 is 14.2 Å². The highest BCUT2D eigenvalue weighted by molar-refractivity contribution is 5.91. The number of methoxy groups -OCH3 is 1. The highest BCUT2D eigenvalue weighted by Crippen LogP contribution is 2.40. The molecule has 0 unspecified atom stereocenters. The molecule has 0 spiro atoms. The van der Waals surface area contributed by atoms with Gasteiger partial charge in [-0.15, -0.1) is 0 Å². The Bertz CT molecular complexity index is 1810. The van der Waals surface area contributed by atoms with Crippen LogP contribution >= 0.6 is 0 Å². The smallest absolute Gasteiger partial charge is 0.338 e. The van der Waals surface area contributed by atoms with E-state index in [1.165, 1.54) is 7.11 Å². The Morgan fingerprint density at radius 1 is 0.326 bits per heavy atom. The van der Waals surface area contributed by atoms with Gasteiger partial charge in [0.1, 0.15) is 31.0 Å². The van der Waals surface area contributed by atoms with Gasteiger partial charge in [0.25, 0.3) is 0 Å². The molecular formula is C61H102O25. The van der Waals surface area contributed by atoms with Crippen LogP contribution in [0.4, 0.5) is 0 Å². The molecule has 0 aliphatic heterocycles. The van der Waals surface area contributed by atoms with E-state index in [1.54, 1.807) is 12.1 Å². The van der Waals surface area contributed by atoms with Crippen molar-refractivity contribution in [2.45, 2.75) is 72.2 Å². The molecule has 25 heteroatoms. The zero-order chi connectivity index (χ0) is 62.3. The summed E-state index contributed by atoms with van der Waals surface area (Å²) in [7, 11) is 1.30. The van der Waals surface area contributed by atoms with Crippen molar-refractivity contribution >= 4 is 17.9 Å². The van der Waals surface area contributed by atoms with E-state index in [0.717, 1.165) is 5.56 Å². The fourth-order valence-corrected chi connectivity index (χ4v) is 6.70. The van der Waals surface area contributed by atoms with E-state index >= 15 is 0 Å².